The first-order valence-electron chi connectivity index (χ1n) is 6.68. The molecule has 2 atom stereocenters. The zero-order valence-electron chi connectivity index (χ0n) is 12.4. The second kappa shape index (κ2) is 9.75. The van der Waals surface area contributed by atoms with E-state index in [1.807, 2.05) is 38.1 Å². The van der Waals surface area contributed by atoms with Crippen molar-refractivity contribution >= 4 is 18.3 Å². The van der Waals surface area contributed by atoms with E-state index in [1.165, 1.54) is 0 Å². The van der Waals surface area contributed by atoms with E-state index in [2.05, 4.69) is 5.32 Å². The molecule has 0 spiro atoms. The second-order valence-corrected chi connectivity index (χ2v) is 4.88. The first kappa shape index (κ1) is 18.9. The van der Waals surface area contributed by atoms with E-state index in [9.17, 15) is 4.79 Å². The van der Waals surface area contributed by atoms with Gasteiger partial charge in [-0.3, -0.25) is 4.79 Å². The van der Waals surface area contributed by atoms with Gasteiger partial charge in [0.05, 0.1) is 12.6 Å². The van der Waals surface area contributed by atoms with Crippen molar-refractivity contribution in [3.63, 3.8) is 0 Å². The van der Waals surface area contributed by atoms with Crippen LogP contribution in [-0.2, 0) is 22.7 Å². The summed E-state index contributed by atoms with van der Waals surface area (Å²) in [5, 5.41) is 2.87. The Kier molecular flexibility index (Phi) is 9.21. The van der Waals surface area contributed by atoms with Crippen LogP contribution in [0.1, 0.15) is 31.4 Å². The van der Waals surface area contributed by atoms with Crippen molar-refractivity contribution < 1.29 is 9.53 Å². The molecular weight excluding hydrogens is 276 g/mol. The van der Waals surface area contributed by atoms with Crippen LogP contribution in [0.15, 0.2) is 24.3 Å². The van der Waals surface area contributed by atoms with E-state index in [1.54, 1.807) is 7.11 Å². The highest BCUT2D eigenvalue weighted by Crippen LogP contribution is 2.07. The maximum Gasteiger partial charge on any atom is 0.237 e. The van der Waals surface area contributed by atoms with Crippen LogP contribution < -0.4 is 11.1 Å². The minimum Gasteiger partial charge on any atom is -0.380 e. The number of nitrogens with one attached hydrogen (secondary N) is 1. The number of ether oxygens (including phenoxy) is 1. The van der Waals surface area contributed by atoms with E-state index in [-0.39, 0.29) is 24.2 Å². The molecule has 5 heteroatoms. The van der Waals surface area contributed by atoms with Crippen LogP contribution >= 0.6 is 12.4 Å². The average Bonchev–Trinajstić information content (AvgIpc) is 2.44. The summed E-state index contributed by atoms with van der Waals surface area (Å²) in [5.74, 6) is 0.111. The fourth-order valence-electron chi connectivity index (χ4n) is 1.74. The molecular formula is C15H25ClN2O2. The number of benzene rings is 1. The maximum absolute atomic E-state index is 11.8. The quantitative estimate of drug-likeness (QED) is 0.812. The summed E-state index contributed by atoms with van der Waals surface area (Å²) in [6.45, 7) is 5.14. The van der Waals surface area contributed by atoms with Crippen LogP contribution in [-0.4, -0.2) is 19.1 Å². The van der Waals surface area contributed by atoms with Crippen LogP contribution in [0.2, 0.25) is 0 Å². The zero-order chi connectivity index (χ0) is 14.3. The molecule has 0 radical (unpaired) electrons. The number of methoxy groups -OCH3 is 1. The van der Waals surface area contributed by atoms with Gasteiger partial charge in [0.1, 0.15) is 0 Å². The predicted molar refractivity (Wildman–Crippen MR) is 83.7 cm³/mol. The normalized spacial score (nSPS) is 13.2. The number of carbonyl (C=O) groups excluding carboxylic acids is 1. The number of amides is 1. The van der Waals surface area contributed by atoms with E-state index >= 15 is 0 Å². The van der Waals surface area contributed by atoms with E-state index in [4.69, 9.17) is 10.5 Å². The smallest absolute Gasteiger partial charge is 0.237 e. The summed E-state index contributed by atoms with van der Waals surface area (Å²) in [4.78, 5) is 11.8. The van der Waals surface area contributed by atoms with Crippen molar-refractivity contribution in [1.29, 1.82) is 0 Å². The largest absolute Gasteiger partial charge is 0.380 e. The van der Waals surface area contributed by atoms with Gasteiger partial charge in [0.15, 0.2) is 0 Å². The SMILES string of the molecule is CCC(C)C(N)C(=O)NCc1ccc(COC)cc1.Cl. The molecule has 0 fully saturated rings. The molecule has 0 aromatic heterocycles. The standard InChI is InChI=1S/C15H24N2O2.ClH/c1-4-11(2)14(16)15(18)17-9-12-5-7-13(8-6-12)10-19-3;/h5-8,11,14H,4,9-10,16H2,1-3H3,(H,17,18);1H. The summed E-state index contributed by atoms with van der Waals surface area (Å²) in [6.07, 6.45) is 0.903. The second-order valence-electron chi connectivity index (χ2n) is 4.88. The third-order valence-corrected chi connectivity index (χ3v) is 3.36. The number of nitrogens with two attached hydrogens (primary N) is 1. The van der Waals surface area contributed by atoms with Crippen molar-refractivity contribution in [3.05, 3.63) is 35.4 Å². The highest BCUT2D eigenvalue weighted by Gasteiger charge is 2.18. The Morgan fingerprint density at radius 2 is 1.85 bits per heavy atom. The van der Waals surface area contributed by atoms with Gasteiger partial charge < -0.3 is 15.8 Å². The number of halogens is 1. The van der Waals surface area contributed by atoms with Gasteiger partial charge >= 0.3 is 0 Å². The molecule has 2 unspecified atom stereocenters. The summed E-state index contributed by atoms with van der Waals surface area (Å²) in [7, 11) is 1.67. The molecule has 114 valence electrons. The van der Waals surface area contributed by atoms with Crippen LogP contribution in [0.3, 0.4) is 0 Å². The lowest BCUT2D eigenvalue weighted by Gasteiger charge is -2.17. The first-order valence-corrected chi connectivity index (χ1v) is 6.68. The Hall–Kier alpha value is -1.10. The molecule has 0 aliphatic heterocycles. The van der Waals surface area contributed by atoms with Gasteiger partial charge in [0.25, 0.3) is 0 Å². The van der Waals surface area contributed by atoms with Crippen LogP contribution in [0.25, 0.3) is 0 Å². The van der Waals surface area contributed by atoms with Crippen molar-refractivity contribution in [2.24, 2.45) is 11.7 Å². The summed E-state index contributed by atoms with van der Waals surface area (Å²) in [5.41, 5.74) is 8.05. The molecule has 1 amide bonds. The Labute approximate surface area is 127 Å². The predicted octanol–water partition coefficient (Wildman–Crippen LogP) is 2.24. The van der Waals surface area contributed by atoms with Gasteiger partial charge in [0.2, 0.25) is 5.91 Å². The molecule has 0 saturated heterocycles. The van der Waals surface area contributed by atoms with E-state index in [0.29, 0.717) is 13.2 Å². The minimum absolute atomic E-state index is 0. The minimum atomic E-state index is -0.433. The zero-order valence-corrected chi connectivity index (χ0v) is 13.2. The fraction of sp³-hybridized carbons (Fsp3) is 0.533. The van der Waals surface area contributed by atoms with Crippen molar-refractivity contribution in [2.45, 2.75) is 39.5 Å². The van der Waals surface area contributed by atoms with E-state index in [0.717, 1.165) is 17.5 Å². The van der Waals surface area contributed by atoms with Gasteiger partial charge in [-0.15, -0.1) is 12.4 Å². The lowest BCUT2D eigenvalue weighted by atomic mass is 9.99. The van der Waals surface area contributed by atoms with E-state index < -0.39 is 6.04 Å². The molecule has 0 heterocycles. The van der Waals surface area contributed by atoms with Crippen LogP contribution in [0.4, 0.5) is 0 Å². The van der Waals surface area contributed by atoms with Crippen LogP contribution in [0.5, 0.6) is 0 Å². The molecule has 0 saturated carbocycles. The van der Waals surface area contributed by atoms with Gasteiger partial charge in [-0.25, -0.2) is 0 Å². The van der Waals surface area contributed by atoms with Gasteiger partial charge in [-0.2, -0.15) is 0 Å². The Balaban J connectivity index is 0.00000361. The number of hydrogen-bond acceptors (Lipinski definition) is 3. The molecule has 4 nitrogen and oxygen atoms in total. The molecule has 20 heavy (non-hydrogen) atoms. The molecule has 0 aliphatic carbocycles. The third-order valence-electron chi connectivity index (χ3n) is 3.36. The number of hydrogen-bond donors (Lipinski definition) is 2. The highest BCUT2D eigenvalue weighted by atomic mass is 35.5. The maximum atomic E-state index is 11.8. The topological polar surface area (TPSA) is 64.4 Å². The number of rotatable bonds is 7. The molecule has 1 aromatic rings. The summed E-state index contributed by atoms with van der Waals surface area (Å²) in [6, 6.07) is 7.55. The van der Waals surface area contributed by atoms with Crippen LogP contribution in [0, 0.1) is 5.92 Å². The highest BCUT2D eigenvalue weighted by molar-refractivity contribution is 5.85. The molecule has 0 bridgehead atoms. The Morgan fingerprint density at radius 1 is 1.30 bits per heavy atom. The summed E-state index contributed by atoms with van der Waals surface area (Å²) < 4.78 is 5.05. The number of carbonyl (C=O) groups is 1. The molecule has 1 rings (SSSR count). The van der Waals surface area contributed by atoms with Crippen molar-refractivity contribution in [1.82, 2.24) is 5.32 Å². The van der Waals surface area contributed by atoms with Crippen molar-refractivity contribution in [3.8, 4) is 0 Å². The molecule has 0 aliphatic rings. The van der Waals surface area contributed by atoms with Gasteiger partial charge in [-0.05, 0) is 17.0 Å². The lowest BCUT2D eigenvalue weighted by molar-refractivity contribution is -0.123. The lowest BCUT2D eigenvalue weighted by Crippen LogP contribution is -2.44. The summed E-state index contributed by atoms with van der Waals surface area (Å²) >= 11 is 0. The molecule has 1 aromatic carbocycles. The monoisotopic (exact) mass is 300 g/mol. The third kappa shape index (κ3) is 5.90. The van der Waals surface area contributed by atoms with Gasteiger partial charge in [-0.1, -0.05) is 44.5 Å². The van der Waals surface area contributed by atoms with Crippen molar-refractivity contribution in [2.75, 3.05) is 7.11 Å². The Morgan fingerprint density at radius 3 is 2.35 bits per heavy atom. The average molecular weight is 301 g/mol. The van der Waals surface area contributed by atoms with Gasteiger partial charge in [0, 0.05) is 13.7 Å². The first-order chi connectivity index (χ1) is 9.08. The molecule has 3 N–H and O–H groups in total. The Bertz CT molecular complexity index is 395. The fourth-order valence-corrected chi connectivity index (χ4v) is 1.74.